The third-order valence-electron chi connectivity index (χ3n) is 3.73. The Bertz CT molecular complexity index is 1010. The van der Waals surface area contributed by atoms with Gasteiger partial charge in [0, 0.05) is 17.5 Å². The van der Waals surface area contributed by atoms with Gasteiger partial charge in [-0.15, -0.1) is 0 Å². The van der Waals surface area contributed by atoms with E-state index in [1.807, 2.05) is 0 Å². The van der Waals surface area contributed by atoms with Crippen LogP contribution in [0, 0.1) is 11.6 Å². The molecule has 1 aromatic heterocycles. The van der Waals surface area contributed by atoms with Crippen molar-refractivity contribution in [2.45, 2.75) is 13.5 Å². The Kier molecular flexibility index (Phi) is 4.56. The number of carbonyl (C=O) groups is 1. The first-order valence-electron chi connectivity index (χ1n) is 7.73. The van der Waals surface area contributed by atoms with Crippen molar-refractivity contribution in [2.75, 3.05) is 6.54 Å². The summed E-state index contributed by atoms with van der Waals surface area (Å²) in [4.78, 5) is 24.4. The Hall–Kier alpha value is -3.09. The summed E-state index contributed by atoms with van der Waals surface area (Å²) in [5.41, 5.74) is 0.200. The van der Waals surface area contributed by atoms with Crippen molar-refractivity contribution in [3.8, 4) is 11.3 Å². The Labute approximate surface area is 141 Å². The molecule has 0 saturated heterocycles. The molecule has 25 heavy (non-hydrogen) atoms. The van der Waals surface area contributed by atoms with Crippen LogP contribution in [0.15, 0.2) is 47.3 Å². The van der Waals surface area contributed by atoms with Gasteiger partial charge in [-0.05, 0) is 31.2 Å². The predicted octanol–water partition coefficient (Wildman–Crippen LogP) is 2.48. The lowest BCUT2D eigenvalue weighted by Crippen LogP contribution is -2.33. The summed E-state index contributed by atoms with van der Waals surface area (Å²) in [6.45, 7) is 1.94. The van der Waals surface area contributed by atoms with Crippen LogP contribution in [-0.4, -0.2) is 22.2 Å². The first-order chi connectivity index (χ1) is 12.0. The first-order valence-corrected chi connectivity index (χ1v) is 7.73. The van der Waals surface area contributed by atoms with Gasteiger partial charge in [0.05, 0.1) is 11.1 Å². The van der Waals surface area contributed by atoms with Crippen molar-refractivity contribution < 1.29 is 13.6 Å². The van der Waals surface area contributed by atoms with Crippen LogP contribution in [0.25, 0.3) is 22.0 Å². The topological polar surface area (TPSA) is 64.0 Å². The van der Waals surface area contributed by atoms with Crippen LogP contribution >= 0.6 is 0 Å². The molecule has 1 heterocycles. The number of nitrogens with zero attached hydrogens (tertiary/aromatic N) is 2. The van der Waals surface area contributed by atoms with E-state index in [-0.39, 0.29) is 12.5 Å². The molecule has 0 bridgehead atoms. The van der Waals surface area contributed by atoms with E-state index in [1.165, 1.54) is 6.07 Å². The van der Waals surface area contributed by atoms with Crippen molar-refractivity contribution in [3.05, 3.63) is 64.5 Å². The van der Waals surface area contributed by atoms with Crippen LogP contribution in [0.1, 0.15) is 6.92 Å². The number of hydrogen-bond acceptors (Lipinski definition) is 3. The average molecular weight is 343 g/mol. The highest BCUT2D eigenvalue weighted by molar-refractivity contribution is 5.93. The van der Waals surface area contributed by atoms with E-state index in [4.69, 9.17) is 0 Å². The van der Waals surface area contributed by atoms with Gasteiger partial charge >= 0.3 is 0 Å². The van der Waals surface area contributed by atoms with Gasteiger partial charge in [-0.3, -0.25) is 9.59 Å². The zero-order chi connectivity index (χ0) is 18.0. The summed E-state index contributed by atoms with van der Waals surface area (Å²) in [6, 6.07) is 10.1. The second-order valence-electron chi connectivity index (χ2n) is 5.44. The summed E-state index contributed by atoms with van der Waals surface area (Å²) < 4.78 is 27.9. The lowest BCUT2D eigenvalue weighted by atomic mass is 10.0. The molecule has 2 aromatic carbocycles. The molecule has 0 spiro atoms. The fourth-order valence-corrected chi connectivity index (χ4v) is 2.59. The Morgan fingerprint density at radius 2 is 1.84 bits per heavy atom. The van der Waals surface area contributed by atoms with Gasteiger partial charge in [0.15, 0.2) is 11.6 Å². The summed E-state index contributed by atoms with van der Waals surface area (Å²) in [7, 11) is 0. The molecule has 0 saturated carbocycles. The maximum atomic E-state index is 13.6. The zero-order valence-corrected chi connectivity index (χ0v) is 13.4. The quantitative estimate of drug-likeness (QED) is 0.792. The summed E-state index contributed by atoms with van der Waals surface area (Å²) in [5, 5.41) is 7.67. The van der Waals surface area contributed by atoms with E-state index < -0.39 is 17.2 Å². The number of fused-ring (bicyclic) bond motifs is 1. The predicted molar refractivity (Wildman–Crippen MR) is 90.0 cm³/mol. The lowest BCUT2D eigenvalue weighted by molar-refractivity contribution is -0.121. The van der Waals surface area contributed by atoms with Gasteiger partial charge in [-0.1, -0.05) is 18.2 Å². The van der Waals surface area contributed by atoms with Crippen molar-refractivity contribution in [3.63, 3.8) is 0 Å². The third kappa shape index (κ3) is 3.26. The van der Waals surface area contributed by atoms with Crippen LogP contribution < -0.4 is 10.9 Å². The minimum atomic E-state index is -1.01. The van der Waals surface area contributed by atoms with Crippen LogP contribution in [-0.2, 0) is 11.3 Å². The lowest BCUT2D eigenvalue weighted by Gasteiger charge is -2.11. The molecule has 1 N–H and O–H groups in total. The Morgan fingerprint density at radius 1 is 1.12 bits per heavy atom. The van der Waals surface area contributed by atoms with Gasteiger partial charge in [0.25, 0.3) is 5.56 Å². The summed E-state index contributed by atoms with van der Waals surface area (Å²) in [5.74, 6) is -2.34. The molecule has 0 fully saturated rings. The normalized spacial score (nSPS) is 10.8. The zero-order valence-electron chi connectivity index (χ0n) is 13.4. The molecule has 3 aromatic rings. The summed E-state index contributed by atoms with van der Waals surface area (Å²) in [6.07, 6.45) is 0. The number of hydrogen-bond donors (Lipinski definition) is 1. The molecule has 3 rings (SSSR count). The van der Waals surface area contributed by atoms with Crippen LogP contribution in [0.4, 0.5) is 8.78 Å². The van der Waals surface area contributed by atoms with Gasteiger partial charge < -0.3 is 5.32 Å². The van der Waals surface area contributed by atoms with Crippen molar-refractivity contribution in [2.24, 2.45) is 0 Å². The second-order valence-corrected chi connectivity index (χ2v) is 5.44. The highest BCUT2D eigenvalue weighted by Crippen LogP contribution is 2.25. The van der Waals surface area contributed by atoms with Crippen LogP contribution in [0.2, 0.25) is 0 Å². The van der Waals surface area contributed by atoms with Gasteiger partial charge in [0.2, 0.25) is 5.91 Å². The van der Waals surface area contributed by atoms with E-state index in [1.54, 1.807) is 31.2 Å². The monoisotopic (exact) mass is 343 g/mol. The SMILES string of the molecule is CCNC(=O)Cn1nc(-c2ccc(F)c(F)c2)c2ccccc2c1=O. The van der Waals surface area contributed by atoms with E-state index in [2.05, 4.69) is 10.4 Å². The van der Waals surface area contributed by atoms with E-state index in [9.17, 15) is 18.4 Å². The number of halogens is 2. The van der Waals surface area contributed by atoms with Gasteiger partial charge in [-0.25, -0.2) is 13.5 Å². The minimum absolute atomic E-state index is 0.256. The number of nitrogens with one attached hydrogen (secondary N) is 1. The second kappa shape index (κ2) is 6.80. The van der Waals surface area contributed by atoms with Crippen LogP contribution in [0.5, 0.6) is 0 Å². The molecule has 0 unspecified atom stereocenters. The van der Waals surface area contributed by atoms with Crippen molar-refractivity contribution in [1.82, 2.24) is 15.1 Å². The molecular formula is C18H15F2N3O2. The van der Waals surface area contributed by atoms with Crippen LogP contribution in [0.3, 0.4) is 0 Å². The summed E-state index contributed by atoms with van der Waals surface area (Å²) >= 11 is 0. The molecule has 0 radical (unpaired) electrons. The number of benzene rings is 2. The molecule has 7 heteroatoms. The van der Waals surface area contributed by atoms with E-state index in [0.29, 0.717) is 28.6 Å². The average Bonchev–Trinajstić information content (AvgIpc) is 2.60. The van der Waals surface area contributed by atoms with E-state index >= 15 is 0 Å². The van der Waals surface area contributed by atoms with E-state index in [0.717, 1.165) is 16.8 Å². The first kappa shape index (κ1) is 16.8. The minimum Gasteiger partial charge on any atom is -0.355 e. The Balaban J connectivity index is 2.23. The molecule has 1 amide bonds. The fourth-order valence-electron chi connectivity index (χ4n) is 2.59. The molecule has 0 atom stereocenters. The smallest absolute Gasteiger partial charge is 0.275 e. The number of aromatic nitrogens is 2. The molecule has 0 aliphatic carbocycles. The Morgan fingerprint density at radius 3 is 2.52 bits per heavy atom. The largest absolute Gasteiger partial charge is 0.355 e. The number of amides is 1. The maximum Gasteiger partial charge on any atom is 0.275 e. The van der Waals surface area contributed by atoms with Crippen molar-refractivity contribution in [1.29, 1.82) is 0 Å². The van der Waals surface area contributed by atoms with Gasteiger partial charge in [0.1, 0.15) is 6.54 Å². The highest BCUT2D eigenvalue weighted by atomic mass is 19.2. The maximum absolute atomic E-state index is 13.6. The fraction of sp³-hybridized carbons (Fsp3) is 0.167. The molecule has 0 aliphatic heterocycles. The molecule has 0 aliphatic rings. The van der Waals surface area contributed by atoms with Gasteiger partial charge in [-0.2, -0.15) is 5.10 Å². The standard InChI is InChI=1S/C18H15F2N3O2/c1-2-21-16(24)10-23-18(25)13-6-4-3-5-12(13)17(22-23)11-7-8-14(19)15(20)9-11/h3-9H,2,10H2,1H3,(H,21,24). The molecular weight excluding hydrogens is 328 g/mol. The van der Waals surface area contributed by atoms with Crippen molar-refractivity contribution >= 4 is 16.7 Å². The molecule has 128 valence electrons. The highest BCUT2D eigenvalue weighted by Gasteiger charge is 2.15. The molecule has 5 nitrogen and oxygen atoms in total. The number of carbonyl (C=O) groups excluding carboxylic acids is 1. The number of rotatable bonds is 4. The number of likely N-dealkylation sites (N-methyl/N-ethyl adjacent to an activating group) is 1. The third-order valence-corrected chi connectivity index (χ3v) is 3.73.